The number of aryl methyl sites for hydroxylation is 1. The Morgan fingerprint density at radius 2 is 2.08 bits per heavy atom. The van der Waals surface area contributed by atoms with Crippen molar-refractivity contribution in [1.82, 2.24) is 19.9 Å². The van der Waals surface area contributed by atoms with E-state index in [4.69, 9.17) is 0 Å². The van der Waals surface area contributed by atoms with Gasteiger partial charge in [-0.2, -0.15) is 23.1 Å². The minimum absolute atomic E-state index is 0.132. The molecule has 0 atom stereocenters. The molecular weight excluding hydrogens is 365 g/mol. The molecule has 0 aliphatic carbocycles. The van der Waals surface area contributed by atoms with E-state index in [-0.39, 0.29) is 11.8 Å². The van der Waals surface area contributed by atoms with Crippen molar-refractivity contribution in [3.63, 3.8) is 0 Å². The number of H-pyrrole nitrogens is 1. The molecule has 3 aromatic heterocycles. The largest absolute Gasteiger partial charge is 0.405 e. The number of halogens is 3. The van der Waals surface area contributed by atoms with E-state index in [9.17, 15) is 13.2 Å². The highest BCUT2D eigenvalue weighted by Gasteiger charge is 2.27. The van der Waals surface area contributed by atoms with Gasteiger partial charge in [0.05, 0.1) is 21.1 Å². The zero-order valence-corrected chi connectivity index (χ0v) is 14.3. The number of anilines is 3. The number of benzene rings is 1. The van der Waals surface area contributed by atoms with Crippen LogP contribution in [0.1, 0.15) is 5.56 Å². The van der Waals surface area contributed by atoms with E-state index in [1.54, 1.807) is 18.6 Å². The summed E-state index contributed by atoms with van der Waals surface area (Å²) in [4.78, 5) is 15.8. The van der Waals surface area contributed by atoms with E-state index in [1.165, 1.54) is 11.3 Å². The van der Waals surface area contributed by atoms with Gasteiger partial charge < -0.3 is 15.6 Å². The average Bonchev–Trinajstić information content (AvgIpc) is 3.18. The van der Waals surface area contributed by atoms with E-state index in [0.29, 0.717) is 11.0 Å². The van der Waals surface area contributed by atoms with E-state index in [0.717, 1.165) is 21.5 Å². The number of aromatic nitrogens is 4. The van der Waals surface area contributed by atoms with Crippen molar-refractivity contribution in [2.24, 2.45) is 0 Å². The summed E-state index contributed by atoms with van der Waals surface area (Å²) in [6.45, 7) is 0.613. The van der Waals surface area contributed by atoms with Crippen LogP contribution in [0.4, 0.5) is 30.6 Å². The molecule has 0 fully saturated rings. The monoisotopic (exact) mass is 378 g/mol. The number of hydrogen-bond donors (Lipinski definition) is 3. The molecular formula is C16H13F3N6S. The van der Waals surface area contributed by atoms with Crippen LogP contribution in [0.2, 0.25) is 0 Å². The van der Waals surface area contributed by atoms with Crippen molar-refractivity contribution in [2.75, 3.05) is 17.2 Å². The third kappa shape index (κ3) is 3.27. The second-order valence-electron chi connectivity index (χ2n) is 5.72. The number of nitrogens with zero attached hydrogens (tertiary/aromatic N) is 3. The number of rotatable bonds is 4. The number of aromatic amines is 1. The summed E-state index contributed by atoms with van der Waals surface area (Å²) >= 11 is 1.50. The summed E-state index contributed by atoms with van der Waals surface area (Å²) in [5.41, 5.74) is 4.58. The Balaban J connectivity index is 1.70. The first-order valence-corrected chi connectivity index (χ1v) is 8.54. The van der Waals surface area contributed by atoms with Gasteiger partial charge in [0, 0.05) is 11.9 Å². The van der Waals surface area contributed by atoms with E-state index < -0.39 is 12.7 Å². The molecule has 0 bridgehead atoms. The maximum atomic E-state index is 12.6. The van der Waals surface area contributed by atoms with Crippen LogP contribution < -0.4 is 10.6 Å². The van der Waals surface area contributed by atoms with Gasteiger partial charge in [-0.3, -0.25) is 0 Å². The molecule has 0 aliphatic heterocycles. The van der Waals surface area contributed by atoms with Crippen LogP contribution in [0.5, 0.6) is 0 Å². The van der Waals surface area contributed by atoms with Crippen LogP contribution in [-0.2, 0) is 0 Å². The van der Waals surface area contributed by atoms with E-state index in [1.807, 2.05) is 18.2 Å². The topological polar surface area (TPSA) is 78.5 Å². The van der Waals surface area contributed by atoms with E-state index in [2.05, 4.69) is 30.6 Å². The molecule has 0 saturated carbocycles. The fraction of sp³-hybridized carbons (Fsp3) is 0.188. The molecule has 3 heterocycles. The van der Waals surface area contributed by atoms with Crippen LogP contribution >= 0.6 is 11.3 Å². The first-order chi connectivity index (χ1) is 12.4. The lowest BCUT2D eigenvalue weighted by atomic mass is 10.2. The highest BCUT2D eigenvalue weighted by atomic mass is 32.1. The predicted molar refractivity (Wildman–Crippen MR) is 96.1 cm³/mol. The Kier molecular flexibility index (Phi) is 3.91. The van der Waals surface area contributed by atoms with Crippen molar-refractivity contribution >= 4 is 50.0 Å². The zero-order chi connectivity index (χ0) is 18.3. The van der Waals surface area contributed by atoms with Crippen LogP contribution in [0.3, 0.4) is 0 Å². The Morgan fingerprint density at radius 1 is 1.23 bits per heavy atom. The van der Waals surface area contributed by atoms with E-state index >= 15 is 0 Å². The smallest absolute Gasteiger partial charge is 0.360 e. The summed E-state index contributed by atoms with van der Waals surface area (Å²) in [5, 5.41) is 5.94. The quantitative estimate of drug-likeness (QED) is 0.484. The van der Waals surface area contributed by atoms with Gasteiger partial charge >= 0.3 is 6.18 Å². The van der Waals surface area contributed by atoms with Gasteiger partial charge in [-0.15, -0.1) is 11.3 Å². The molecule has 26 heavy (non-hydrogen) atoms. The normalized spacial score (nSPS) is 12.0. The van der Waals surface area contributed by atoms with Crippen molar-refractivity contribution < 1.29 is 13.2 Å². The van der Waals surface area contributed by atoms with Crippen molar-refractivity contribution in [2.45, 2.75) is 13.1 Å². The summed E-state index contributed by atoms with van der Waals surface area (Å²) < 4.78 is 38.8. The lowest BCUT2D eigenvalue weighted by Gasteiger charge is -2.12. The molecule has 1 aromatic carbocycles. The number of fused-ring (bicyclic) bond motifs is 2. The minimum atomic E-state index is -4.34. The maximum Gasteiger partial charge on any atom is 0.405 e. The van der Waals surface area contributed by atoms with Crippen LogP contribution in [0.15, 0.2) is 29.9 Å². The Morgan fingerprint density at radius 3 is 2.88 bits per heavy atom. The predicted octanol–water partition coefficient (Wildman–Crippen LogP) is 4.59. The SMILES string of the molecule is Cc1c[nH]c2nc(Nc3ccc4ncsc4c3)nc(NCC(F)(F)F)c12. The molecule has 3 N–H and O–H groups in total. The molecule has 0 aliphatic rings. The first kappa shape index (κ1) is 16.6. The summed E-state index contributed by atoms with van der Waals surface area (Å²) in [5.74, 6) is 0.334. The maximum absolute atomic E-state index is 12.6. The summed E-state index contributed by atoms with van der Waals surface area (Å²) in [6, 6.07) is 5.57. The fourth-order valence-corrected chi connectivity index (χ4v) is 3.33. The molecule has 0 unspecified atom stereocenters. The molecule has 4 rings (SSSR count). The Bertz CT molecular complexity index is 1080. The summed E-state index contributed by atoms with van der Waals surface area (Å²) in [6.07, 6.45) is -2.66. The summed E-state index contributed by atoms with van der Waals surface area (Å²) in [7, 11) is 0. The standard InChI is InChI=1S/C16H13F3N6S/c1-8-5-20-13-12(8)14(21-6-16(17,18)19)25-15(24-13)23-9-2-3-10-11(4-9)26-7-22-10/h2-5,7H,6H2,1H3,(H3,20,21,23,24,25). The highest BCUT2D eigenvalue weighted by molar-refractivity contribution is 7.16. The first-order valence-electron chi connectivity index (χ1n) is 7.66. The molecule has 10 heteroatoms. The number of alkyl halides is 3. The van der Waals surface area contributed by atoms with Gasteiger partial charge in [0.25, 0.3) is 0 Å². The fourth-order valence-electron chi connectivity index (χ4n) is 2.62. The van der Waals surface area contributed by atoms with Crippen molar-refractivity contribution in [3.05, 3.63) is 35.5 Å². The second-order valence-corrected chi connectivity index (χ2v) is 6.61. The average molecular weight is 378 g/mol. The molecule has 134 valence electrons. The van der Waals surface area contributed by atoms with Gasteiger partial charge in [-0.25, -0.2) is 4.98 Å². The Labute approximate surface area is 149 Å². The second kappa shape index (κ2) is 6.13. The molecule has 0 saturated heterocycles. The molecule has 0 amide bonds. The number of hydrogen-bond acceptors (Lipinski definition) is 6. The third-order valence-electron chi connectivity index (χ3n) is 3.77. The third-order valence-corrected chi connectivity index (χ3v) is 4.56. The van der Waals surface area contributed by atoms with Crippen LogP contribution in [-0.4, -0.2) is 32.7 Å². The zero-order valence-electron chi connectivity index (χ0n) is 13.5. The van der Waals surface area contributed by atoms with Gasteiger partial charge in [-0.1, -0.05) is 0 Å². The van der Waals surface area contributed by atoms with Gasteiger partial charge in [0.15, 0.2) is 0 Å². The van der Waals surface area contributed by atoms with Crippen LogP contribution in [0.25, 0.3) is 21.3 Å². The number of thiazole rings is 1. The lowest BCUT2D eigenvalue weighted by Crippen LogP contribution is -2.22. The Hall–Kier alpha value is -2.88. The molecule has 6 nitrogen and oxygen atoms in total. The van der Waals surface area contributed by atoms with Gasteiger partial charge in [0.1, 0.15) is 18.0 Å². The number of nitrogens with one attached hydrogen (secondary N) is 3. The van der Waals surface area contributed by atoms with Crippen molar-refractivity contribution in [1.29, 1.82) is 0 Å². The minimum Gasteiger partial charge on any atom is -0.360 e. The highest BCUT2D eigenvalue weighted by Crippen LogP contribution is 2.28. The molecule has 0 radical (unpaired) electrons. The van der Waals surface area contributed by atoms with Gasteiger partial charge in [-0.05, 0) is 30.7 Å². The molecule has 0 spiro atoms. The molecule has 4 aromatic rings. The van der Waals surface area contributed by atoms with Crippen molar-refractivity contribution in [3.8, 4) is 0 Å². The van der Waals surface area contributed by atoms with Gasteiger partial charge in [0.2, 0.25) is 5.95 Å². The lowest BCUT2D eigenvalue weighted by molar-refractivity contribution is -0.115. The van der Waals surface area contributed by atoms with Crippen LogP contribution in [0, 0.1) is 6.92 Å².